The van der Waals surface area contributed by atoms with Gasteiger partial charge < -0.3 is 15.3 Å². The van der Waals surface area contributed by atoms with Crippen LogP contribution in [0.1, 0.15) is 40.0 Å². The van der Waals surface area contributed by atoms with Gasteiger partial charge in [-0.3, -0.25) is 9.69 Å². The zero-order chi connectivity index (χ0) is 15.3. The molecule has 2 amide bonds. The third-order valence-electron chi connectivity index (χ3n) is 3.82. The van der Waals surface area contributed by atoms with Gasteiger partial charge in [-0.1, -0.05) is 0 Å². The number of rotatable bonds is 8. The van der Waals surface area contributed by atoms with Crippen molar-refractivity contribution in [3.8, 4) is 0 Å². The molecule has 116 valence electrons. The van der Waals surface area contributed by atoms with E-state index in [0.29, 0.717) is 18.6 Å². The summed E-state index contributed by atoms with van der Waals surface area (Å²) >= 11 is 0. The zero-order valence-corrected chi connectivity index (χ0v) is 12.9. The second-order valence-electron chi connectivity index (χ2n) is 5.86. The van der Waals surface area contributed by atoms with Crippen LogP contribution in [0, 0.1) is 0 Å². The number of carbonyl (C=O) groups is 2. The predicted molar refractivity (Wildman–Crippen MR) is 77.7 cm³/mol. The van der Waals surface area contributed by atoms with Gasteiger partial charge in [0.25, 0.3) is 0 Å². The van der Waals surface area contributed by atoms with Crippen LogP contribution in [0.3, 0.4) is 0 Å². The van der Waals surface area contributed by atoms with E-state index in [4.69, 9.17) is 5.11 Å². The maximum Gasteiger partial charge on any atom is 0.317 e. The number of carboxylic acid groups (broad SMARTS) is 1. The number of likely N-dealkylation sites (N-methyl/N-ethyl adjacent to an activating group) is 1. The first-order valence-electron chi connectivity index (χ1n) is 7.31. The van der Waals surface area contributed by atoms with E-state index in [2.05, 4.69) is 24.2 Å². The number of urea groups is 1. The van der Waals surface area contributed by atoms with Gasteiger partial charge in [-0.2, -0.15) is 0 Å². The molecule has 1 unspecified atom stereocenters. The molecule has 1 aliphatic carbocycles. The highest BCUT2D eigenvalue weighted by molar-refractivity contribution is 5.75. The summed E-state index contributed by atoms with van der Waals surface area (Å²) in [5, 5.41) is 11.6. The number of carbonyl (C=O) groups excluding carboxylic acids is 1. The third kappa shape index (κ3) is 5.36. The smallest absolute Gasteiger partial charge is 0.317 e. The van der Waals surface area contributed by atoms with E-state index in [1.54, 1.807) is 4.90 Å². The maximum absolute atomic E-state index is 12.1. The predicted octanol–water partition coefficient (Wildman–Crippen LogP) is 1.36. The molecule has 2 N–H and O–H groups in total. The Morgan fingerprint density at radius 2 is 1.90 bits per heavy atom. The van der Waals surface area contributed by atoms with Crippen LogP contribution in [0.5, 0.6) is 0 Å². The molecule has 0 saturated heterocycles. The highest BCUT2D eigenvalue weighted by atomic mass is 16.4. The number of amides is 2. The highest BCUT2D eigenvalue weighted by Crippen LogP contribution is 2.26. The number of hydrogen-bond acceptors (Lipinski definition) is 3. The van der Waals surface area contributed by atoms with Crippen molar-refractivity contribution >= 4 is 12.0 Å². The van der Waals surface area contributed by atoms with Crippen LogP contribution in [0.2, 0.25) is 0 Å². The number of aliphatic carboxylic acids is 1. The SMILES string of the molecule is CC(C)N(CCC(=O)O)C(=O)NCC(C)N(C)C1CC1. The Morgan fingerprint density at radius 1 is 1.30 bits per heavy atom. The van der Waals surface area contributed by atoms with Gasteiger partial charge in [-0.15, -0.1) is 0 Å². The Hall–Kier alpha value is -1.30. The van der Waals surface area contributed by atoms with Crippen LogP contribution in [-0.4, -0.2) is 65.2 Å². The van der Waals surface area contributed by atoms with Crippen molar-refractivity contribution < 1.29 is 14.7 Å². The van der Waals surface area contributed by atoms with Gasteiger partial charge in [0.05, 0.1) is 6.42 Å². The summed E-state index contributed by atoms with van der Waals surface area (Å²) in [6, 6.07) is 0.762. The maximum atomic E-state index is 12.1. The minimum atomic E-state index is -0.884. The molecule has 6 heteroatoms. The molecule has 0 radical (unpaired) electrons. The number of hydrogen-bond donors (Lipinski definition) is 2. The highest BCUT2D eigenvalue weighted by Gasteiger charge is 2.29. The Bertz CT molecular complexity index is 343. The van der Waals surface area contributed by atoms with E-state index < -0.39 is 5.97 Å². The van der Waals surface area contributed by atoms with Crippen LogP contribution in [0.25, 0.3) is 0 Å². The van der Waals surface area contributed by atoms with Crippen LogP contribution in [0.15, 0.2) is 0 Å². The topological polar surface area (TPSA) is 72.9 Å². The molecule has 0 aromatic heterocycles. The van der Waals surface area contributed by atoms with Crippen molar-refractivity contribution in [1.29, 1.82) is 0 Å². The number of nitrogens with one attached hydrogen (secondary N) is 1. The fraction of sp³-hybridized carbons (Fsp3) is 0.857. The molecule has 1 fully saturated rings. The first kappa shape index (κ1) is 16.8. The lowest BCUT2D eigenvalue weighted by Gasteiger charge is -2.29. The van der Waals surface area contributed by atoms with Gasteiger partial charge in [0.15, 0.2) is 0 Å². The van der Waals surface area contributed by atoms with Gasteiger partial charge in [0.1, 0.15) is 0 Å². The quantitative estimate of drug-likeness (QED) is 0.706. The van der Waals surface area contributed by atoms with E-state index in [1.807, 2.05) is 13.8 Å². The molecular formula is C14H27N3O3. The average molecular weight is 285 g/mol. The summed E-state index contributed by atoms with van der Waals surface area (Å²) in [6.45, 7) is 6.70. The average Bonchev–Trinajstić information content (AvgIpc) is 3.18. The Morgan fingerprint density at radius 3 is 2.35 bits per heavy atom. The summed E-state index contributed by atoms with van der Waals surface area (Å²) in [5.74, 6) is -0.884. The number of carboxylic acids is 1. The Labute approximate surface area is 121 Å². The molecule has 0 spiro atoms. The molecule has 6 nitrogen and oxygen atoms in total. The van der Waals surface area contributed by atoms with Crippen molar-refractivity contribution in [2.24, 2.45) is 0 Å². The van der Waals surface area contributed by atoms with Crippen LogP contribution >= 0.6 is 0 Å². The largest absolute Gasteiger partial charge is 0.481 e. The van der Waals surface area contributed by atoms with Crippen LogP contribution in [-0.2, 0) is 4.79 Å². The minimum Gasteiger partial charge on any atom is -0.481 e. The van der Waals surface area contributed by atoms with Crippen molar-refractivity contribution in [2.75, 3.05) is 20.1 Å². The van der Waals surface area contributed by atoms with Crippen LogP contribution in [0.4, 0.5) is 4.79 Å². The second-order valence-corrected chi connectivity index (χ2v) is 5.86. The molecular weight excluding hydrogens is 258 g/mol. The summed E-state index contributed by atoms with van der Waals surface area (Å²) < 4.78 is 0. The summed E-state index contributed by atoms with van der Waals surface area (Å²) in [4.78, 5) is 26.6. The first-order valence-corrected chi connectivity index (χ1v) is 7.31. The van der Waals surface area contributed by atoms with Gasteiger partial charge >= 0.3 is 12.0 Å². The van der Waals surface area contributed by atoms with E-state index in [9.17, 15) is 9.59 Å². The standard InChI is InChI=1S/C14H27N3O3/c1-10(2)17(8-7-13(18)19)14(20)15-9-11(3)16(4)12-5-6-12/h10-12H,5-9H2,1-4H3,(H,15,20)(H,18,19). The van der Waals surface area contributed by atoms with Gasteiger partial charge in [0, 0.05) is 31.2 Å². The fourth-order valence-corrected chi connectivity index (χ4v) is 2.13. The Kier molecular flexibility index (Phi) is 6.26. The van der Waals surface area contributed by atoms with E-state index in [-0.39, 0.29) is 25.0 Å². The van der Waals surface area contributed by atoms with Gasteiger partial charge in [-0.05, 0) is 40.7 Å². The summed E-state index contributed by atoms with van der Waals surface area (Å²) in [7, 11) is 2.08. The van der Waals surface area contributed by atoms with Crippen molar-refractivity contribution in [1.82, 2.24) is 15.1 Å². The molecule has 0 heterocycles. The molecule has 0 aromatic rings. The number of nitrogens with zero attached hydrogens (tertiary/aromatic N) is 2. The fourth-order valence-electron chi connectivity index (χ4n) is 2.13. The second kappa shape index (κ2) is 7.47. The lowest BCUT2D eigenvalue weighted by atomic mass is 10.2. The lowest BCUT2D eigenvalue weighted by molar-refractivity contribution is -0.137. The van der Waals surface area contributed by atoms with E-state index in [1.165, 1.54) is 12.8 Å². The van der Waals surface area contributed by atoms with Gasteiger partial charge in [0.2, 0.25) is 0 Å². The molecule has 20 heavy (non-hydrogen) atoms. The van der Waals surface area contributed by atoms with E-state index in [0.717, 1.165) is 0 Å². The zero-order valence-electron chi connectivity index (χ0n) is 12.9. The van der Waals surface area contributed by atoms with Gasteiger partial charge in [-0.25, -0.2) is 4.79 Å². The van der Waals surface area contributed by atoms with Crippen molar-refractivity contribution in [2.45, 2.75) is 58.2 Å². The molecule has 0 aliphatic heterocycles. The normalized spacial score (nSPS) is 16.3. The first-order chi connectivity index (χ1) is 9.32. The third-order valence-corrected chi connectivity index (χ3v) is 3.82. The molecule has 1 saturated carbocycles. The minimum absolute atomic E-state index is 0.00850. The van der Waals surface area contributed by atoms with Crippen molar-refractivity contribution in [3.05, 3.63) is 0 Å². The Balaban J connectivity index is 2.38. The molecule has 0 bridgehead atoms. The summed E-state index contributed by atoms with van der Waals surface area (Å²) in [6.07, 6.45) is 2.46. The van der Waals surface area contributed by atoms with Crippen LogP contribution < -0.4 is 5.32 Å². The molecule has 1 atom stereocenters. The molecule has 1 rings (SSSR count). The van der Waals surface area contributed by atoms with Crippen molar-refractivity contribution in [3.63, 3.8) is 0 Å². The monoisotopic (exact) mass is 285 g/mol. The van der Waals surface area contributed by atoms with E-state index >= 15 is 0 Å². The molecule has 0 aromatic carbocycles. The lowest BCUT2D eigenvalue weighted by Crippen LogP contribution is -2.49. The molecule has 1 aliphatic rings. The summed E-state index contributed by atoms with van der Waals surface area (Å²) in [5.41, 5.74) is 0.